The van der Waals surface area contributed by atoms with Gasteiger partial charge in [-0.1, -0.05) is 24.4 Å². The number of nitrogens with zero attached hydrogens (tertiary/aromatic N) is 2. The van der Waals surface area contributed by atoms with Crippen molar-refractivity contribution in [2.24, 2.45) is 5.92 Å². The van der Waals surface area contributed by atoms with Crippen molar-refractivity contribution in [1.82, 2.24) is 4.31 Å². The highest BCUT2D eigenvalue weighted by atomic mass is 35.5. The molecule has 1 aromatic rings. The van der Waals surface area contributed by atoms with Crippen LogP contribution in [0.4, 0.5) is 0 Å². The van der Waals surface area contributed by atoms with Gasteiger partial charge in [0.15, 0.2) is 0 Å². The number of hydrogen-bond donors (Lipinski definition) is 0. The molecule has 2 atom stereocenters. The average Bonchev–Trinajstić information content (AvgIpc) is 2.91. The Hall–Kier alpha value is -1.09. The van der Waals surface area contributed by atoms with E-state index in [1.165, 1.54) is 24.6 Å². The molecule has 6 heteroatoms. The lowest BCUT2D eigenvalue weighted by atomic mass is 9.86. The SMILES string of the molecule is N#Cc1ccc(S(=O)(=O)N2CCC3CCCCC32)cc1Cl. The molecule has 112 valence electrons. The number of benzene rings is 1. The van der Waals surface area contributed by atoms with E-state index >= 15 is 0 Å². The summed E-state index contributed by atoms with van der Waals surface area (Å²) in [5, 5.41) is 9.08. The van der Waals surface area contributed by atoms with Crippen LogP contribution in [0.2, 0.25) is 5.02 Å². The number of hydrogen-bond acceptors (Lipinski definition) is 3. The van der Waals surface area contributed by atoms with E-state index < -0.39 is 10.0 Å². The summed E-state index contributed by atoms with van der Waals surface area (Å²) in [6.45, 7) is 0.593. The van der Waals surface area contributed by atoms with Gasteiger partial charge in [0.05, 0.1) is 15.5 Å². The molecule has 0 aromatic heterocycles. The fourth-order valence-electron chi connectivity index (χ4n) is 3.54. The number of halogens is 1. The van der Waals surface area contributed by atoms with Crippen LogP contribution in [-0.4, -0.2) is 25.3 Å². The minimum atomic E-state index is -3.52. The fraction of sp³-hybridized carbons (Fsp3) is 0.533. The van der Waals surface area contributed by atoms with Crippen LogP contribution in [0.25, 0.3) is 0 Å². The molecule has 21 heavy (non-hydrogen) atoms. The van der Waals surface area contributed by atoms with E-state index in [1.807, 2.05) is 6.07 Å². The summed E-state index contributed by atoms with van der Waals surface area (Å²) >= 11 is 5.97. The Morgan fingerprint density at radius 1 is 1.24 bits per heavy atom. The van der Waals surface area contributed by atoms with Gasteiger partial charge in [-0.15, -0.1) is 0 Å². The maximum Gasteiger partial charge on any atom is 0.243 e. The first-order valence-corrected chi connectivity index (χ1v) is 9.07. The predicted octanol–water partition coefficient (Wildman–Crippen LogP) is 3.16. The van der Waals surface area contributed by atoms with Crippen LogP contribution in [0.5, 0.6) is 0 Å². The molecule has 1 heterocycles. The monoisotopic (exact) mass is 324 g/mol. The van der Waals surface area contributed by atoms with E-state index in [0.29, 0.717) is 18.0 Å². The first kappa shape index (κ1) is 14.8. The highest BCUT2D eigenvalue weighted by molar-refractivity contribution is 7.89. The van der Waals surface area contributed by atoms with Gasteiger partial charge in [0, 0.05) is 12.6 Å². The molecule has 1 saturated heterocycles. The molecule has 0 spiro atoms. The Morgan fingerprint density at radius 2 is 2.00 bits per heavy atom. The van der Waals surface area contributed by atoms with Crippen molar-refractivity contribution in [1.29, 1.82) is 5.26 Å². The van der Waals surface area contributed by atoms with Gasteiger partial charge in [0.1, 0.15) is 6.07 Å². The zero-order valence-corrected chi connectivity index (χ0v) is 13.2. The van der Waals surface area contributed by atoms with E-state index in [4.69, 9.17) is 16.9 Å². The molecule has 0 bridgehead atoms. The number of fused-ring (bicyclic) bond motifs is 1. The van der Waals surface area contributed by atoms with Crippen LogP contribution in [-0.2, 0) is 10.0 Å². The molecule has 1 saturated carbocycles. The fourth-order valence-corrected chi connectivity index (χ4v) is 5.59. The summed E-state index contributed by atoms with van der Waals surface area (Å²) in [6, 6.07) is 6.44. The van der Waals surface area contributed by atoms with Crippen LogP contribution in [0.1, 0.15) is 37.7 Å². The van der Waals surface area contributed by atoms with Crippen molar-refractivity contribution in [3.8, 4) is 6.07 Å². The maximum absolute atomic E-state index is 12.8. The van der Waals surface area contributed by atoms with Crippen molar-refractivity contribution < 1.29 is 8.42 Å². The van der Waals surface area contributed by atoms with Gasteiger partial charge in [0.2, 0.25) is 10.0 Å². The van der Waals surface area contributed by atoms with E-state index in [1.54, 1.807) is 4.31 Å². The summed E-state index contributed by atoms with van der Waals surface area (Å²) < 4.78 is 27.3. The molecule has 2 aliphatic rings. The summed E-state index contributed by atoms with van der Waals surface area (Å²) in [5.41, 5.74) is 0.299. The first-order valence-electron chi connectivity index (χ1n) is 7.25. The second-order valence-corrected chi connectivity index (χ2v) is 8.07. The molecular weight excluding hydrogens is 308 g/mol. The number of sulfonamides is 1. The quantitative estimate of drug-likeness (QED) is 0.839. The molecule has 2 fully saturated rings. The minimum absolute atomic E-state index is 0.137. The summed E-state index contributed by atoms with van der Waals surface area (Å²) in [4.78, 5) is 0.192. The number of rotatable bonds is 2. The molecule has 1 aliphatic heterocycles. The predicted molar refractivity (Wildman–Crippen MR) is 80.4 cm³/mol. The second kappa shape index (κ2) is 5.60. The Labute approximate surface area is 130 Å². The second-order valence-electron chi connectivity index (χ2n) is 5.77. The van der Waals surface area contributed by atoms with Crippen LogP contribution >= 0.6 is 11.6 Å². The standard InChI is InChI=1S/C15H17ClN2O2S/c16-14-9-13(6-5-12(14)10-17)21(19,20)18-8-7-11-3-1-2-4-15(11)18/h5-6,9,11,15H,1-4,7-8H2. The summed E-state index contributed by atoms with van der Waals surface area (Å²) in [7, 11) is -3.52. The molecule has 2 unspecified atom stereocenters. The molecule has 1 aliphatic carbocycles. The van der Waals surface area contributed by atoms with Crippen molar-refractivity contribution >= 4 is 21.6 Å². The van der Waals surface area contributed by atoms with Crippen LogP contribution < -0.4 is 0 Å². The Balaban J connectivity index is 1.94. The minimum Gasteiger partial charge on any atom is -0.207 e. The van der Waals surface area contributed by atoms with E-state index in [0.717, 1.165) is 25.7 Å². The van der Waals surface area contributed by atoms with Gasteiger partial charge in [0.25, 0.3) is 0 Å². The Morgan fingerprint density at radius 3 is 2.71 bits per heavy atom. The van der Waals surface area contributed by atoms with E-state index in [9.17, 15) is 8.42 Å². The van der Waals surface area contributed by atoms with Crippen molar-refractivity contribution in [2.45, 2.75) is 43.0 Å². The highest BCUT2D eigenvalue weighted by Gasteiger charge is 2.42. The Bertz CT molecular complexity index is 696. The zero-order chi connectivity index (χ0) is 15.0. The topological polar surface area (TPSA) is 61.2 Å². The van der Waals surface area contributed by atoms with Gasteiger partial charge in [-0.3, -0.25) is 0 Å². The zero-order valence-electron chi connectivity index (χ0n) is 11.6. The third-order valence-electron chi connectivity index (χ3n) is 4.63. The van der Waals surface area contributed by atoms with Crippen molar-refractivity contribution in [2.75, 3.05) is 6.54 Å². The lowest BCUT2D eigenvalue weighted by molar-refractivity contribution is 0.260. The van der Waals surface area contributed by atoms with Gasteiger partial charge in [-0.25, -0.2) is 8.42 Å². The lowest BCUT2D eigenvalue weighted by Crippen LogP contribution is -2.39. The summed E-state index contributed by atoms with van der Waals surface area (Å²) in [6.07, 6.45) is 5.34. The molecule has 0 N–H and O–H groups in total. The van der Waals surface area contributed by atoms with Gasteiger partial charge in [-0.05, 0) is 43.4 Å². The smallest absolute Gasteiger partial charge is 0.207 e. The molecule has 1 aromatic carbocycles. The van der Waals surface area contributed by atoms with E-state index in [2.05, 4.69) is 0 Å². The summed E-state index contributed by atoms with van der Waals surface area (Å²) in [5.74, 6) is 0.502. The number of nitriles is 1. The van der Waals surface area contributed by atoms with Gasteiger partial charge < -0.3 is 0 Å². The first-order chi connectivity index (χ1) is 10.0. The largest absolute Gasteiger partial charge is 0.243 e. The highest BCUT2D eigenvalue weighted by Crippen LogP contribution is 2.39. The van der Waals surface area contributed by atoms with Crippen LogP contribution in [0.3, 0.4) is 0 Å². The average molecular weight is 325 g/mol. The lowest BCUT2D eigenvalue weighted by Gasteiger charge is -2.31. The van der Waals surface area contributed by atoms with Crippen LogP contribution in [0.15, 0.2) is 23.1 Å². The molecule has 0 amide bonds. The molecule has 4 nitrogen and oxygen atoms in total. The van der Waals surface area contributed by atoms with Gasteiger partial charge >= 0.3 is 0 Å². The van der Waals surface area contributed by atoms with Crippen molar-refractivity contribution in [3.63, 3.8) is 0 Å². The molecule has 0 radical (unpaired) electrons. The maximum atomic E-state index is 12.8. The van der Waals surface area contributed by atoms with Crippen molar-refractivity contribution in [3.05, 3.63) is 28.8 Å². The molecular formula is C15H17ClN2O2S. The third-order valence-corrected chi connectivity index (χ3v) is 6.86. The molecule has 3 rings (SSSR count). The van der Waals surface area contributed by atoms with Gasteiger partial charge in [-0.2, -0.15) is 9.57 Å². The Kier molecular flexibility index (Phi) is 3.96. The van der Waals surface area contributed by atoms with E-state index in [-0.39, 0.29) is 16.0 Å². The normalized spacial score (nSPS) is 26.3. The van der Waals surface area contributed by atoms with Crippen LogP contribution in [0, 0.1) is 17.2 Å². The third kappa shape index (κ3) is 2.57.